The Morgan fingerprint density at radius 2 is 1.92 bits per heavy atom. The molecule has 2 aliphatic heterocycles. The van der Waals surface area contributed by atoms with Crippen LogP contribution < -0.4 is 10.2 Å². The van der Waals surface area contributed by atoms with Gasteiger partial charge in [0.15, 0.2) is 5.78 Å². The highest BCUT2D eigenvalue weighted by Gasteiger charge is 2.25. The highest BCUT2D eigenvalue weighted by Crippen LogP contribution is 2.29. The van der Waals surface area contributed by atoms with E-state index < -0.39 is 0 Å². The van der Waals surface area contributed by atoms with Crippen LogP contribution in [0, 0.1) is 5.92 Å². The number of hydrogen-bond acceptors (Lipinski definition) is 4. The minimum Gasteiger partial charge on any atom is -0.371 e. The molecule has 3 rings (SSSR count). The normalized spacial score (nSPS) is 20.1. The molecular weight excluding hydrogens is 298 g/mol. The van der Waals surface area contributed by atoms with E-state index in [0.29, 0.717) is 5.92 Å². The number of nitrogens with one attached hydrogen (secondary N) is 1. The number of nitrogens with zero attached hydrogens (tertiary/aromatic N) is 2. The summed E-state index contributed by atoms with van der Waals surface area (Å²) in [7, 11) is 0. The summed E-state index contributed by atoms with van der Waals surface area (Å²) in [4.78, 5) is 17.7. The topological polar surface area (TPSA) is 35.6 Å². The first-order valence-electron chi connectivity index (χ1n) is 9.43. The molecule has 2 aliphatic rings. The van der Waals surface area contributed by atoms with Crippen LogP contribution in [0.3, 0.4) is 0 Å². The molecule has 2 heterocycles. The fourth-order valence-corrected chi connectivity index (χ4v) is 3.91. The van der Waals surface area contributed by atoms with Crippen molar-refractivity contribution in [2.24, 2.45) is 5.92 Å². The molecule has 0 aromatic heterocycles. The third-order valence-electron chi connectivity index (χ3n) is 5.25. The highest BCUT2D eigenvalue weighted by molar-refractivity contribution is 6.00. The molecule has 1 aromatic carbocycles. The third kappa shape index (κ3) is 3.81. The lowest BCUT2D eigenvalue weighted by Gasteiger charge is -2.34. The zero-order chi connectivity index (χ0) is 17.1. The van der Waals surface area contributed by atoms with Crippen LogP contribution in [0.5, 0.6) is 0 Å². The van der Waals surface area contributed by atoms with E-state index in [1.54, 1.807) is 0 Å². The number of hydrogen-bond donors (Lipinski definition) is 1. The summed E-state index contributed by atoms with van der Waals surface area (Å²) < 4.78 is 0. The van der Waals surface area contributed by atoms with Crippen molar-refractivity contribution in [3.8, 4) is 0 Å². The van der Waals surface area contributed by atoms with Crippen molar-refractivity contribution >= 4 is 11.5 Å². The van der Waals surface area contributed by atoms with Gasteiger partial charge in [-0.25, -0.2) is 0 Å². The van der Waals surface area contributed by atoms with Gasteiger partial charge in [-0.3, -0.25) is 9.69 Å². The molecule has 0 bridgehead atoms. The predicted molar refractivity (Wildman–Crippen MR) is 100 cm³/mol. The summed E-state index contributed by atoms with van der Waals surface area (Å²) in [6.07, 6.45) is 2.34. The second kappa shape index (κ2) is 7.66. The molecule has 132 valence electrons. The monoisotopic (exact) mass is 329 g/mol. The Morgan fingerprint density at radius 3 is 2.62 bits per heavy atom. The first-order chi connectivity index (χ1) is 11.6. The van der Waals surface area contributed by atoms with E-state index in [2.05, 4.69) is 48.0 Å². The maximum atomic E-state index is 13.0. The van der Waals surface area contributed by atoms with E-state index in [1.165, 1.54) is 17.7 Å². The standard InChI is InChI=1S/C20H31N3O/c1-15(2)14-23-10-4-5-17-6-7-18(13-19(17)23)20(24)16(3)22-11-8-21-9-12-22/h6-7,13,15-16,21H,4-5,8-12,14H2,1-3H3. The van der Waals surface area contributed by atoms with Gasteiger partial charge in [0.1, 0.15) is 0 Å². The van der Waals surface area contributed by atoms with Gasteiger partial charge in [-0.05, 0) is 37.3 Å². The maximum absolute atomic E-state index is 13.0. The molecule has 0 saturated carbocycles. The SMILES string of the molecule is CC(C)CN1CCCc2ccc(C(=O)C(C)N3CCNCC3)cc21. The lowest BCUT2D eigenvalue weighted by molar-refractivity contribution is 0.0820. The van der Waals surface area contributed by atoms with Gasteiger partial charge in [0.2, 0.25) is 0 Å². The van der Waals surface area contributed by atoms with Crippen LogP contribution in [0.2, 0.25) is 0 Å². The molecule has 24 heavy (non-hydrogen) atoms. The first kappa shape index (κ1) is 17.4. The average Bonchev–Trinajstić information content (AvgIpc) is 2.61. The molecule has 0 amide bonds. The average molecular weight is 329 g/mol. The lowest BCUT2D eigenvalue weighted by Crippen LogP contribution is -2.50. The quantitative estimate of drug-likeness (QED) is 0.842. The van der Waals surface area contributed by atoms with Gasteiger partial charge in [-0.15, -0.1) is 0 Å². The van der Waals surface area contributed by atoms with E-state index in [9.17, 15) is 4.79 Å². The Kier molecular flexibility index (Phi) is 5.57. The zero-order valence-electron chi connectivity index (χ0n) is 15.3. The third-order valence-corrected chi connectivity index (χ3v) is 5.25. The fraction of sp³-hybridized carbons (Fsp3) is 0.650. The number of piperazine rings is 1. The van der Waals surface area contributed by atoms with Crippen molar-refractivity contribution in [1.29, 1.82) is 0 Å². The van der Waals surface area contributed by atoms with Crippen LogP contribution >= 0.6 is 0 Å². The summed E-state index contributed by atoms with van der Waals surface area (Å²) in [6, 6.07) is 6.34. The van der Waals surface area contributed by atoms with Crippen LogP contribution in [0.4, 0.5) is 5.69 Å². The van der Waals surface area contributed by atoms with E-state index in [4.69, 9.17) is 0 Å². The van der Waals surface area contributed by atoms with Gasteiger partial charge in [-0.1, -0.05) is 26.0 Å². The van der Waals surface area contributed by atoms with Crippen molar-refractivity contribution in [3.63, 3.8) is 0 Å². The molecule has 1 aromatic rings. The summed E-state index contributed by atoms with van der Waals surface area (Å²) in [6.45, 7) is 12.6. The molecule has 0 aliphatic carbocycles. The highest BCUT2D eigenvalue weighted by atomic mass is 16.1. The van der Waals surface area contributed by atoms with Gasteiger partial charge in [0.25, 0.3) is 0 Å². The summed E-state index contributed by atoms with van der Waals surface area (Å²) in [5, 5.41) is 3.35. The van der Waals surface area contributed by atoms with Crippen LogP contribution in [0.1, 0.15) is 43.1 Å². The fourth-order valence-electron chi connectivity index (χ4n) is 3.91. The molecule has 1 fully saturated rings. The lowest BCUT2D eigenvalue weighted by atomic mass is 9.95. The van der Waals surface area contributed by atoms with Gasteiger partial charge >= 0.3 is 0 Å². The number of carbonyl (C=O) groups is 1. The number of Topliss-reactive ketones (excluding diaryl/α,β-unsaturated/α-hetero) is 1. The Balaban J connectivity index is 1.80. The van der Waals surface area contributed by atoms with Gasteiger partial charge in [0, 0.05) is 50.5 Å². The first-order valence-corrected chi connectivity index (χ1v) is 9.43. The summed E-state index contributed by atoms with van der Waals surface area (Å²) in [5.41, 5.74) is 3.55. The second-order valence-corrected chi connectivity index (χ2v) is 7.61. The van der Waals surface area contributed by atoms with Crippen molar-refractivity contribution in [3.05, 3.63) is 29.3 Å². The number of anilines is 1. The van der Waals surface area contributed by atoms with Crippen LogP contribution in [0.15, 0.2) is 18.2 Å². The van der Waals surface area contributed by atoms with Gasteiger partial charge < -0.3 is 10.2 Å². The Labute approximate surface area is 146 Å². The number of carbonyl (C=O) groups excluding carboxylic acids is 1. The van der Waals surface area contributed by atoms with Crippen molar-refractivity contribution in [2.75, 3.05) is 44.2 Å². The van der Waals surface area contributed by atoms with E-state index >= 15 is 0 Å². The van der Waals surface area contributed by atoms with Gasteiger partial charge in [0.05, 0.1) is 6.04 Å². The van der Waals surface area contributed by atoms with Crippen LogP contribution in [-0.2, 0) is 6.42 Å². The number of ketones is 1. The Hall–Kier alpha value is -1.39. The van der Waals surface area contributed by atoms with Crippen LogP contribution in [0.25, 0.3) is 0 Å². The van der Waals surface area contributed by atoms with E-state index in [-0.39, 0.29) is 11.8 Å². The van der Waals surface area contributed by atoms with E-state index in [1.807, 2.05) is 6.07 Å². The van der Waals surface area contributed by atoms with E-state index in [0.717, 1.165) is 51.3 Å². The molecular formula is C20H31N3O. The predicted octanol–water partition coefficient (Wildman–Crippen LogP) is 2.57. The van der Waals surface area contributed by atoms with Gasteiger partial charge in [-0.2, -0.15) is 0 Å². The van der Waals surface area contributed by atoms with Crippen molar-refractivity contribution < 1.29 is 4.79 Å². The minimum atomic E-state index is -0.0349. The molecule has 4 heteroatoms. The number of benzene rings is 1. The van der Waals surface area contributed by atoms with Crippen molar-refractivity contribution in [1.82, 2.24) is 10.2 Å². The number of aryl methyl sites for hydroxylation is 1. The number of fused-ring (bicyclic) bond motifs is 1. The molecule has 1 saturated heterocycles. The molecule has 0 radical (unpaired) electrons. The Morgan fingerprint density at radius 1 is 1.17 bits per heavy atom. The van der Waals surface area contributed by atoms with Crippen molar-refractivity contribution in [2.45, 2.75) is 39.7 Å². The smallest absolute Gasteiger partial charge is 0.179 e. The molecule has 1 unspecified atom stereocenters. The Bertz CT molecular complexity index is 578. The summed E-state index contributed by atoms with van der Waals surface area (Å²) >= 11 is 0. The molecule has 4 nitrogen and oxygen atoms in total. The van der Waals surface area contributed by atoms with Crippen LogP contribution in [-0.4, -0.2) is 56.0 Å². The summed E-state index contributed by atoms with van der Waals surface area (Å²) in [5.74, 6) is 0.893. The second-order valence-electron chi connectivity index (χ2n) is 7.61. The molecule has 1 atom stereocenters. The molecule has 0 spiro atoms. The maximum Gasteiger partial charge on any atom is 0.179 e. The largest absolute Gasteiger partial charge is 0.371 e. The number of rotatable bonds is 5. The minimum absolute atomic E-state index is 0.0349. The molecule has 1 N–H and O–H groups in total. The zero-order valence-corrected chi connectivity index (χ0v) is 15.3.